The van der Waals surface area contributed by atoms with Crippen LogP contribution in [0.1, 0.15) is 41.0 Å². The van der Waals surface area contributed by atoms with Gasteiger partial charge in [-0.15, -0.1) is 0 Å². The molecular weight excluding hydrogens is 434 g/mol. The molecule has 0 fully saturated rings. The predicted molar refractivity (Wildman–Crippen MR) is 131 cm³/mol. The van der Waals surface area contributed by atoms with Gasteiger partial charge in [-0.25, -0.2) is 0 Å². The largest absolute Gasteiger partial charge is 0.359 e. The molecule has 6 nitrogen and oxygen atoms in total. The number of benzene rings is 2. The van der Waals surface area contributed by atoms with Crippen LogP contribution in [0.4, 0.5) is 5.69 Å². The first-order valence-electron chi connectivity index (χ1n) is 10.4. The van der Waals surface area contributed by atoms with Crippen molar-refractivity contribution >= 4 is 28.9 Å². The smallest absolute Gasteiger partial charge is 0.251 e. The third-order valence-electron chi connectivity index (χ3n) is 5.05. The maximum absolute atomic E-state index is 12.6. The SMILES string of the molecule is CC(=N)/C(Cc1cccc(C(=O)NCc2ccccn2)c1)=C(/C)Nc1ccc(C#N)c(Cl)c1. The minimum Gasteiger partial charge on any atom is -0.359 e. The van der Waals surface area contributed by atoms with Crippen molar-refractivity contribution in [1.29, 1.82) is 10.7 Å². The Hall–Kier alpha value is -3.95. The molecule has 0 saturated heterocycles. The van der Waals surface area contributed by atoms with E-state index in [1.807, 2.05) is 49.4 Å². The van der Waals surface area contributed by atoms with Crippen LogP contribution in [-0.2, 0) is 13.0 Å². The zero-order chi connectivity index (χ0) is 23.8. The second kappa shape index (κ2) is 11.1. The van der Waals surface area contributed by atoms with E-state index in [-0.39, 0.29) is 5.91 Å². The van der Waals surface area contributed by atoms with Gasteiger partial charge in [0, 0.05) is 35.3 Å². The third-order valence-corrected chi connectivity index (χ3v) is 5.37. The molecule has 2 aromatic carbocycles. The van der Waals surface area contributed by atoms with Crippen LogP contribution in [0.15, 0.2) is 78.1 Å². The van der Waals surface area contributed by atoms with Crippen LogP contribution in [0.3, 0.4) is 0 Å². The molecule has 0 spiro atoms. The monoisotopic (exact) mass is 457 g/mol. The van der Waals surface area contributed by atoms with Crippen molar-refractivity contribution in [2.45, 2.75) is 26.8 Å². The van der Waals surface area contributed by atoms with Crippen LogP contribution in [0.5, 0.6) is 0 Å². The lowest BCUT2D eigenvalue weighted by molar-refractivity contribution is 0.0950. The number of nitrogens with one attached hydrogen (secondary N) is 3. The average molecular weight is 458 g/mol. The molecule has 3 rings (SSSR count). The van der Waals surface area contributed by atoms with Crippen molar-refractivity contribution in [3.63, 3.8) is 0 Å². The first kappa shape index (κ1) is 23.7. The Bertz CT molecular complexity index is 1250. The molecule has 0 atom stereocenters. The van der Waals surface area contributed by atoms with E-state index in [2.05, 4.69) is 15.6 Å². The number of anilines is 1. The third kappa shape index (κ3) is 6.52. The van der Waals surface area contributed by atoms with Crippen LogP contribution >= 0.6 is 11.6 Å². The first-order valence-corrected chi connectivity index (χ1v) is 10.7. The van der Waals surface area contributed by atoms with Gasteiger partial charge in [-0.05, 0) is 67.4 Å². The number of pyridine rings is 1. The lowest BCUT2D eigenvalue weighted by atomic mass is 9.98. The van der Waals surface area contributed by atoms with Crippen LogP contribution in [0, 0.1) is 16.7 Å². The van der Waals surface area contributed by atoms with E-state index in [0.717, 1.165) is 28.2 Å². The molecule has 1 heterocycles. The Labute approximate surface area is 198 Å². The summed E-state index contributed by atoms with van der Waals surface area (Å²) in [4.78, 5) is 16.8. The Kier molecular flexibility index (Phi) is 7.96. The minimum absolute atomic E-state index is 0.179. The summed E-state index contributed by atoms with van der Waals surface area (Å²) < 4.78 is 0. The maximum Gasteiger partial charge on any atom is 0.251 e. The second-order valence-corrected chi connectivity index (χ2v) is 7.95. The molecule has 1 amide bonds. The molecule has 0 radical (unpaired) electrons. The number of allylic oxidation sites excluding steroid dienone is 2. The Morgan fingerprint density at radius 1 is 1.12 bits per heavy atom. The van der Waals surface area contributed by atoms with Crippen LogP contribution in [-0.4, -0.2) is 16.6 Å². The molecule has 33 heavy (non-hydrogen) atoms. The summed E-state index contributed by atoms with van der Waals surface area (Å²) in [5.41, 5.74) is 5.43. The average Bonchev–Trinajstić information content (AvgIpc) is 2.81. The minimum atomic E-state index is -0.179. The molecule has 0 aliphatic carbocycles. The maximum atomic E-state index is 12.6. The molecule has 166 valence electrons. The van der Waals surface area contributed by atoms with Crippen LogP contribution in [0.2, 0.25) is 5.02 Å². The van der Waals surface area contributed by atoms with Gasteiger partial charge in [0.05, 0.1) is 22.8 Å². The lowest BCUT2D eigenvalue weighted by Gasteiger charge is -2.15. The van der Waals surface area contributed by atoms with E-state index in [0.29, 0.717) is 34.8 Å². The quantitative estimate of drug-likeness (QED) is 0.388. The summed E-state index contributed by atoms with van der Waals surface area (Å²) in [7, 11) is 0. The Morgan fingerprint density at radius 2 is 1.94 bits per heavy atom. The van der Waals surface area contributed by atoms with E-state index in [9.17, 15) is 4.79 Å². The number of amides is 1. The number of nitrogens with zero attached hydrogens (tertiary/aromatic N) is 2. The van der Waals surface area contributed by atoms with E-state index in [4.69, 9.17) is 22.3 Å². The normalized spacial score (nSPS) is 11.2. The highest BCUT2D eigenvalue weighted by Crippen LogP contribution is 2.23. The predicted octanol–water partition coefficient (Wildman–Crippen LogP) is 5.50. The highest BCUT2D eigenvalue weighted by molar-refractivity contribution is 6.32. The van der Waals surface area contributed by atoms with Crippen molar-refractivity contribution in [1.82, 2.24) is 10.3 Å². The van der Waals surface area contributed by atoms with Gasteiger partial charge >= 0.3 is 0 Å². The summed E-state index contributed by atoms with van der Waals surface area (Å²) in [6, 6.07) is 20.1. The number of aromatic nitrogens is 1. The summed E-state index contributed by atoms with van der Waals surface area (Å²) in [6.45, 7) is 3.98. The molecule has 7 heteroatoms. The number of carbonyl (C=O) groups is 1. The van der Waals surface area contributed by atoms with E-state index >= 15 is 0 Å². The Morgan fingerprint density at radius 3 is 2.61 bits per heavy atom. The fourth-order valence-electron chi connectivity index (χ4n) is 3.32. The van der Waals surface area contributed by atoms with Gasteiger partial charge in [-0.2, -0.15) is 5.26 Å². The number of hydrogen-bond donors (Lipinski definition) is 3. The first-order chi connectivity index (χ1) is 15.9. The highest BCUT2D eigenvalue weighted by Gasteiger charge is 2.11. The second-order valence-electron chi connectivity index (χ2n) is 7.54. The summed E-state index contributed by atoms with van der Waals surface area (Å²) in [6.07, 6.45) is 2.18. The van der Waals surface area contributed by atoms with Gasteiger partial charge in [0.15, 0.2) is 0 Å². The number of carbonyl (C=O) groups excluding carboxylic acids is 1. The van der Waals surface area contributed by atoms with Crippen LogP contribution in [0.25, 0.3) is 0 Å². The van der Waals surface area contributed by atoms with Gasteiger partial charge in [0.25, 0.3) is 5.91 Å². The zero-order valence-electron chi connectivity index (χ0n) is 18.4. The summed E-state index contributed by atoms with van der Waals surface area (Å²) in [5, 5.41) is 23.8. The van der Waals surface area contributed by atoms with Gasteiger partial charge in [0.2, 0.25) is 0 Å². The molecular formula is C26H24ClN5O. The van der Waals surface area contributed by atoms with Gasteiger partial charge in [-0.3, -0.25) is 9.78 Å². The van der Waals surface area contributed by atoms with Crippen LogP contribution < -0.4 is 10.6 Å². The topological polar surface area (TPSA) is 102 Å². The number of halogens is 1. The van der Waals surface area contributed by atoms with Crippen molar-refractivity contribution < 1.29 is 4.79 Å². The fourth-order valence-corrected chi connectivity index (χ4v) is 3.55. The van der Waals surface area contributed by atoms with Gasteiger partial charge in [0.1, 0.15) is 6.07 Å². The number of hydrogen-bond acceptors (Lipinski definition) is 5. The summed E-state index contributed by atoms with van der Waals surface area (Å²) >= 11 is 6.13. The molecule has 1 aromatic heterocycles. The molecule has 3 N–H and O–H groups in total. The molecule has 0 aliphatic heterocycles. The van der Waals surface area contributed by atoms with Gasteiger partial charge < -0.3 is 16.0 Å². The van der Waals surface area contributed by atoms with Crippen molar-refractivity contribution in [2.75, 3.05) is 5.32 Å². The molecule has 0 bridgehead atoms. The molecule has 0 saturated carbocycles. The molecule has 0 aliphatic rings. The van der Waals surface area contributed by atoms with Crippen molar-refractivity contribution in [3.05, 3.63) is 106 Å². The van der Waals surface area contributed by atoms with Crippen molar-refractivity contribution in [3.8, 4) is 6.07 Å². The summed E-state index contributed by atoms with van der Waals surface area (Å²) in [5.74, 6) is -0.179. The standard InChI is InChI=1S/C26H24ClN5O/c1-17(29)24(18(2)32-22-10-9-21(15-28)25(27)14-22)13-19-6-5-7-20(12-19)26(33)31-16-23-8-3-4-11-30-23/h3-12,14,29,32H,13,16H2,1-2H3,(H,31,33)/b24-18-,29-17?. The zero-order valence-corrected chi connectivity index (χ0v) is 19.2. The van der Waals surface area contributed by atoms with E-state index in [1.54, 1.807) is 37.4 Å². The molecule has 3 aromatic rings. The van der Waals surface area contributed by atoms with E-state index in [1.165, 1.54) is 0 Å². The lowest BCUT2D eigenvalue weighted by Crippen LogP contribution is -2.23. The Balaban J connectivity index is 1.75. The van der Waals surface area contributed by atoms with Crippen molar-refractivity contribution in [2.24, 2.45) is 0 Å². The van der Waals surface area contributed by atoms with E-state index < -0.39 is 0 Å². The number of nitriles is 1. The molecule has 0 unspecified atom stereocenters. The highest BCUT2D eigenvalue weighted by atomic mass is 35.5. The fraction of sp³-hybridized carbons (Fsp3) is 0.154. The number of rotatable bonds is 8. The van der Waals surface area contributed by atoms with Gasteiger partial charge in [-0.1, -0.05) is 29.8 Å².